The van der Waals surface area contributed by atoms with Crippen LogP contribution in [0.2, 0.25) is 0 Å². The molecule has 0 unspecified atom stereocenters. The third kappa shape index (κ3) is 19.1. The van der Waals surface area contributed by atoms with Gasteiger partial charge in [-0.05, 0) is 54.9 Å². The molecule has 4 rings (SSSR count). The fourth-order valence-corrected chi connectivity index (χ4v) is 10.0. The fourth-order valence-electron chi connectivity index (χ4n) is 7.75. The van der Waals surface area contributed by atoms with Gasteiger partial charge in [0.25, 0.3) is 0 Å². The van der Waals surface area contributed by atoms with Crippen LogP contribution in [-0.2, 0) is 60.8 Å². The monoisotopic (exact) mass is 1050 g/mol. The molecule has 27 heteroatoms. The number of likely N-dealkylation sites (tertiary alicyclic amines) is 1. The Bertz CT molecular complexity index is 2320. The highest BCUT2D eigenvalue weighted by molar-refractivity contribution is 8.76. The molecule has 25 nitrogen and oxygen atoms in total. The number of hydrogen-bond donors (Lipinski definition) is 13. The normalized spacial score (nSPS) is 23.0. The number of phenols is 1. The van der Waals surface area contributed by atoms with Gasteiger partial charge in [0.1, 0.15) is 48.0 Å². The summed E-state index contributed by atoms with van der Waals surface area (Å²) in [6, 6.07) is 3.86. The second-order valence-corrected chi connectivity index (χ2v) is 20.3. The third-order valence-electron chi connectivity index (χ3n) is 11.6. The fraction of sp³-hybridized carbons (Fsp3) is 0.500. The summed E-state index contributed by atoms with van der Waals surface area (Å²) in [6.07, 6.45) is -0.162. The molecule has 0 bridgehead atoms. The van der Waals surface area contributed by atoms with E-state index in [2.05, 4.69) is 42.2 Å². The number of amides is 10. The lowest BCUT2D eigenvalue weighted by Gasteiger charge is -2.31. The van der Waals surface area contributed by atoms with Crippen LogP contribution in [0.1, 0.15) is 57.1 Å². The average molecular weight is 1060 g/mol. The Morgan fingerprint density at radius 1 is 0.753 bits per heavy atom. The molecule has 398 valence electrons. The van der Waals surface area contributed by atoms with Gasteiger partial charge in [-0.25, -0.2) is 0 Å². The number of aromatic hydroxyl groups is 1. The van der Waals surface area contributed by atoms with Crippen molar-refractivity contribution in [3.05, 3.63) is 65.7 Å². The lowest BCUT2D eigenvalue weighted by molar-refractivity contribution is -0.142. The van der Waals surface area contributed by atoms with E-state index in [1.54, 1.807) is 56.3 Å². The van der Waals surface area contributed by atoms with E-state index in [0.717, 1.165) is 21.6 Å². The summed E-state index contributed by atoms with van der Waals surface area (Å²) in [5, 5.41) is 28.1. The highest BCUT2D eigenvalue weighted by atomic mass is 33.1. The van der Waals surface area contributed by atoms with E-state index in [1.807, 2.05) is 0 Å². The molecule has 0 aromatic heterocycles. The zero-order valence-electron chi connectivity index (χ0n) is 40.5. The van der Waals surface area contributed by atoms with Crippen LogP contribution < -0.4 is 65.9 Å². The smallest absolute Gasteiger partial charge is 0.246 e. The minimum Gasteiger partial charge on any atom is -0.508 e. The van der Waals surface area contributed by atoms with E-state index in [0.29, 0.717) is 17.5 Å². The molecular formula is C46H66N14O11S2. The zero-order chi connectivity index (χ0) is 53.8. The van der Waals surface area contributed by atoms with E-state index < -0.39 is 126 Å². The Morgan fingerprint density at radius 3 is 1.96 bits per heavy atom. The lowest BCUT2D eigenvalue weighted by Crippen LogP contribution is -2.62. The average Bonchev–Trinajstić information content (AvgIpc) is 3.84. The first-order chi connectivity index (χ1) is 34.6. The van der Waals surface area contributed by atoms with Gasteiger partial charge in [-0.2, -0.15) is 0 Å². The molecule has 2 aliphatic rings. The molecule has 18 N–H and O–H groups in total. The number of benzene rings is 2. The van der Waals surface area contributed by atoms with Crippen LogP contribution in [0.25, 0.3) is 0 Å². The molecule has 2 saturated heterocycles. The highest BCUT2D eigenvalue weighted by Crippen LogP contribution is 2.26. The zero-order valence-corrected chi connectivity index (χ0v) is 42.1. The Hall–Kier alpha value is -7.13. The number of nitrogens with zero attached hydrogens (tertiary/aromatic N) is 2. The Balaban J connectivity index is 1.68. The first-order valence-corrected chi connectivity index (χ1v) is 26.0. The molecule has 2 heterocycles. The molecule has 8 atom stereocenters. The van der Waals surface area contributed by atoms with Crippen molar-refractivity contribution in [2.45, 2.75) is 107 Å². The van der Waals surface area contributed by atoms with Crippen LogP contribution in [0, 0.1) is 5.92 Å². The minimum absolute atomic E-state index is 0.0232. The lowest BCUT2D eigenvalue weighted by atomic mass is 9.99. The maximum Gasteiger partial charge on any atom is 0.246 e. The van der Waals surface area contributed by atoms with Crippen LogP contribution in [-0.4, -0.2) is 155 Å². The minimum atomic E-state index is -1.68. The number of aliphatic imine (C=N–C) groups is 1. The van der Waals surface area contributed by atoms with Crippen LogP contribution in [0.5, 0.6) is 5.75 Å². The van der Waals surface area contributed by atoms with Gasteiger partial charge in [0.05, 0.1) is 19.0 Å². The number of carbonyl (C=O) groups excluding carboxylic acids is 10. The first-order valence-electron chi connectivity index (χ1n) is 23.5. The molecule has 2 aliphatic heterocycles. The predicted octanol–water partition coefficient (Wildman–Crippen LogP) is -4.01. The van der Waals surface area contributed by atoms with Crippen LogP contribution >= 0.6 is 21.6 Å². The van der Waals surface area contributed by atoms with Crippen molar-refractivity contribution >= 4 is 86.6 Å². The maximum absolute atomic E-state index is 14.6. The van der Waals surface area contributed by atoms with Gasteiger partial charge in [-0.1, -0.05) is 77.9 Å². The predicted molar refractivity (Wildman–Crippen MR) is 272 cm³/mol. The Morgan fingerprint density at radius 2 is 1.34 bits per heavy atom. The number of nitrogens with one attached hydrogen (secondary N) is 7. The number of hydrogen-bond acceptors (Lipinski definition) is 15. The van der Waals surface area contributed by atoms with Crippen LogP contribution in [0.15, 0.2) is 59.6 Å². The van der Waals surface area contributed by atoms with Crippen molar-refractivity contribution in [2.24, 2.45) is 39.6 Å². The van der Waals surface area contributed by atoms with Crippen molar-refractivity contribution in [2.75, 3.05) is 31.1 Å². The molecule has 10 amide bonds. The first kappa shape index (κ1) is 58.4. The molecule has 73 heavy (non-hydrogen) atoms. The quantitative estimate of drug-likeness (QED) is 0.0311. The molecule has 0 saturated carbocycles. The van der Waals surface area contributed by atoms with Crippen molar-refractivity contribution in [1.29, 1.82) is 0 Å². The summed E-state index contributed by atoms with van der Waals surface area (Å²) < 4.78 is 0. The Kier molecular flexibility index (Phi) is 23.0. The SMILES string of the molecule is CC(C)[C@H]1NC(=O)[C@H](Cc2ccccc2)NC(=O)[C@@H](Cc2ccc(O)cc2)NC(=O)[C@H](N)CSSC[C@@H](C(=O)N2CCC[C@@H]2C(=O)N[C@@H](CCCN=C(N)N)C(=O)NCC(N)=O)NC(=O)[C@H](CC(N)=O)NC1=O. The summed E-state index contributed by atoms with van der Waals surface area (Å²) in [5.74, 6) is -9.49. The van der Waals surface area contributed by atoms with E-state index in [1.165, 1.54) is 17.0 Å². The summed E-state index contributed by atoms with van der Waals surface area (Å²) in [4.78, 5) is 141. The standard InChI is InChI=1S/C46H66N14O11S2/c1-24(2)37-44(70)57-32(20-35(48)62)41(67)58-33(45(71)60-17-7-11-34(60)43(69)54-29(10-6-16-52-46(50)51)39(65)53-21-36(49)63)23-73-72-22-28(47)38(64)55-30(19-26-12-14-27(61)15-13-26)40(66)56-31(42(68)59-37)18-25-8-4-3-5-9-25/h3-5,8-9,12-15,24,28-34,37,61H,6-7,10-11,16-23,47H2,1-2H3,(H2,48,62)(H2,49,63)(H,53,65)(H,54,69)(H,55,64)(H,56,66)(H,57,70)(H,58,67)(H,59,68)(H4,50,51,52)/t28-,29+,30-,31+,32+,33+,34-,37-/m1/s1. The van der Waals surface area contributed by atoms with Crippen LogP contribution in [0.4, 0.5) is 0 Å². The molecule has 2 aromatic rings. The van der Waals surface area contributed by atoms with Gasteiger partial charge in [0.15, 0.2) is 5.96 Å². The largest absolute Gasteiger partial charge is 0.508 e. The summed E-state index contributed by atoms with van der Waals surface area (Å²) in [7, 11) is 2.07. The van der Waals surface area contributed by atoms with Gasteiger partial charge in [-0.3, -0.25) is 52.9 Å². The van der Waals surface area contributed by atoms with E-state index in [4.69, 9.17) is 28.7 Å². The Labute approximate surface area is 429 Å². The molecule has 0 spiro atoms. The molecule has 2 fully saturated rings. The van der Waals surface area contributed by atoms with E-state index >= 15 is 0 Å². The van der Waals surface area contributed by atoms with Crippen molar-refractivity contribution in [1.82, 2.24) is 42.1 Å². The van der Waals surface area contributed by atoms with Crippen molar-refractivity contribution in [3.63, 3.8) is 0 Å². The summed E-state index contributed by atoms with van der Waals surface area (Å²) in [6.45, 7) is 2.85. The van der Waals surface area contributed by atoms with Gasteiger partial charge in [-0.15, -0.1) is 0 Å². The van der Waals surface area contributed by atoms with Gasteiger partial charge < -0.3 is 75.9 Å². The second-order valence-electron chi connectivity index (χ2n) is 17.8. The third-order valence-corrected chi connectivity index (χ3v) is 14.0. The maximum atomic E-state index is 14.6. The number of phenolic OH excluding ortho intramolecular Hbond substituents is 1. The van der Waals surface area contributed by atoms with Crippen molar-refractivity contribution in [3.8, 4) is 5.75 Å². The highest BCUT2D eigenvalue weighted by Gasteiger charge is 2.41. The van der Waals surface area contributed by atoms with Gasteiger partial charge >= 0.3 is 0 Å². The number of rotatable bonds is 17. The van der Waals surface area contributed by atoms with E-state index in [9.17, 15) is 53.1 Å². The van der Waals surface area contributed by atoms with Gasteiger partial charge in [0.2, 0.25) is 59.1 Å². The molecule has 0 radical (unpaired) electrons. The molecule has 2 aromatic carbocycles. The number of primary amides is 2. The molecule has 0 aliphatic carbocycles. The number of nitrogens with two attached hydrogens (primary N) is 5. The van der Waals surface area contributed by atoms with Crippen LogP contribution in [0.3, 0.4) is 0 Å². The topological polar surface area (TPSA) is 421 Å². The van der Waals surface area contributed by atoms with Crippen molar-refractivity contribution < 1.29 is 53.1 Å². The van der Waals surface area contributed by atoms with Gasteiger partial charge in [0, 0.05) is 37.4 Å². The second kappa shape index (κ2) is 28.8. The number of carbonyl (C=O) groups is 10. The summed E-state index contributed by atoms with van der Waals surface area (Å²) in [5.41, 5.74) is 29.1. The van der Waals surface area contributed by atoms with E-state index in [-0.39, 0.29) is 68.4 Å². The molecular weight excluding hydrogens is 989 g/mol. The summed E-state index contributed by atoms with van der Waals surface area (Å²) >= 11 is 0. The number of guanidine groups is 1.